The second-order valence-corrected chi connectivity index (χ2v) is 6.83. The largest absolute Gasteiger partial charge is 0.497 e. The smallest absolute Gasteiger partial charge is 0.433 e. The Morgan fingerprint density at radius 2 is 1.78 bits per heavy atom. The lowest BCUT2D eigenvalue weighted by Crippen LogP contribution is -2.19. The molecular formula is C19H13ClF6N4O2. The quantitative estimate of drug-likeness (QED) is 0.507. The zero-order valence-electron chi connectivity index (χ0n) is 16.3. The fourth-order valence-corrected chi connectivity index (χ4v) is 3.05. The Bertz CT molecular complexity index is 1170. The minimum atomic E-state index is -4.99. The van der Waals surface area contributed by atoms with Gasteiger partial charge in [0.25, 0.3) is 5.91 Å². The van der Waals surface area contributed by atoms with Crippen LogP contribution in [0.4, 0.5) is 32.2 Å². The van der Waals surface area contributed by atoms with Gasteiger partial charge in [-0.05, 0) is 30.3 Å². The molecule has 170 valence electrons. The lowest BCUT2D eigenvalue weighted by Gasteiger charge is -2.13. The second-order valence-electron chi connectivity index (χ2n) is 6.42. The molecule has 0 saturated carbocycles. The van der Waals surface area contributed by atoms with Crippen molar-refractivity contribution in [2.45, 2.75) is 12.4 Å². The van der Waals surface area contributed by atoms with Gasteiger partial charge in [0, 0.05) is 24.4 Å². The topological polar surface area (TPSA) is 69.0 Å². The molecule has 0 radical (unpaired) electrons. The summed E-state index contributed by atoms with van der Waals surface area (Å²) in [6.07, 6.45) is -9.10. The summed E-state index contributed by atoms with van der Waals surface area (Å²) in [6.45, 7) is 0. The highest BCUT2D eigenvalue weighted by Gasteiger charge is 2.41. The van der Waals surface area contributed by atoms with Crippen LogP contribution >= 0.6 is 11.6 Å². The van der Waals surface area contributed by atoms with Crippen LogP contribution in [0.2, 0.25) is 5.02 Å². The molecule has 0 aliphatic heterocycles. The Labute approximate surface area is 181 Å². The third kappa shape index (κ3) is 4.64. The normalized spacial score (nSPS) is 12.0. The number of amides is 1. The molecule has 13 heteroatoms. The van der Waals surface area contributed by atoms with Crippen molar-refractivity contribution < 1.29 is 35.9 Å². The number of carbonyl (C=O) groups excluding carboxylic acids is 1. The fourth-order valence-electron chi connectivity index (χ4n) is 2.84. The molecule has 2 heterocycles. The van der Waals surface area contributed by atoms with Crippen molar-refractivity contribution in [1.29, 1.82) is 0 Å². The molecule has 3 rings (SSSR count). The van der Waals surface area contributed by atoms with Gasteiger partial charge in [0.15, 0.2) is 0 Å². The van der Waals surface area contributed by atoms with Crippen LogP contribution in [-0.4, -0.2) is 27.8 Å². The zero-order chi connectivity index (χ0) is 23.8. The Kier molecular flexibility index (Phi) is 6.09. The number of alkyl halides is 6. The number of nitrogens with one attached hydrogen (secondary N) is 1. The summed E-state index contributed by atoms with van der Waals surface area (Å²) in [5.41, 5.74) is -3.94. The summed E-state index contributed by atoms with van der Waals surface area (Å²) >= 11 is 6.06. The van der Waals surface area contributed by atoms with Crippen LogP contribution in [0.5, 0.6) is 5.75 Å². The lowest BCUT2D eigenvalue weighted by atomic mass is 10.1. The number of ether oxygens (including phenoxy) is 1. The first-order valence-corrected chi connectivity index (χ1v) is 9.03. The van der Waals surface area contributed by atoms with Crippen LogP contribution in [-0.2, 0) is 19.4 Å². The Hall–Kier alpha value is -3.28. The van der Waals surface area contributed by atoms with Crippen molar-refractivity contribution >= 4 is 23.3 Å². The number of benzene rings is 1. The van der Waals surface area contributed by atoms with E-state index in [1.807, 2.05) is 5.32 Å². The summed E-state index contributed by atoms with van der Waals surface area (Å²) in [7, 11) is 2.45. The summed E-state index contributed by atoms with van der Waals surface area (Å²) in [5.74, 6) is -1.78. The van der Waals surface area contributed by atoms with Gasteiger partial charge in [-0.2, -0.15) is 31.4 Å². The third-order valence-corrected chi connectivity index (χ3v) is 4.63. The predicted molar refractivity (Wildman–Crippen MR) is 102 cm³/mol. The minimum Gasteiger partial charge on any atom is -0.497 e. The molecule has 0 atom stereocenters. The number of aromatic nitrogens is 3. The van der Waals surface area contributed by atoms with E-state index in [4.69, 9.17) is 16.3 Å². The molecule has 1 N–H and O–H groups in total. The Morgan fingerprint density at radius 1 is 1.09 bits per heavy atom. The van der Waals surface area contributed by atoms with Gasteiger partial charge < -0.3 is 10.1 Å². The van der Waals surface area contributed by atoms with Crippen LogP contribution in [0.25, 0.3) is 11.3 Å². The van der Waals surface area contributed by atoms with E-state index in [-0.39, 0.29) is 16.3 Å². The number of halogens is 7. The molecule has 6 nitrogen and oxygen atoms in total. The summed E-state index contributed by atoms with van der Waals surface area (Å²) in [4.78, 5) is 15.6. The van der Waals surface area contributed by atoms with E-state index in [9.17, 15) is 31.1 Å². The highest BCUT2D eigenvalue weighted by Crippen LogP contribution is 2.44. The van der Waals surface area contributed by atoms with Crippen molar-refractivity contribution in [1.82, 2.24) is 14.8 Å². The van der Waals surface area contributed by atoms with Crippen LogP contribution in [0.3, 0.4) is 0 Å². The van der Waals surface area contributed by atoms with Crippen LogP contribution in [0, 0.1) is 0 Å². The first kappa shape index (κ1) is 23.4. The van der Waals surface area contributed by atoms with Crippen LogP contribution in [0.15, 0.2) is 36.5 Å². The van der Waals surface area contributed by atoms with E-state index >= 15 is 0 Å². The average molecular weight is 479 g/mol. The maximum absolute atomic E-state index is 14.0. The van der Waals surface area contributed by atoms with Gasteiger partial charge in [-0.15, -0.1) is 0 Å². The number of pyridine rings is 1. The summed E-state index contributed by atoms with van der Waals surface area (Å²) < 4.78 is 86.2. The van der Waals surface area contributed by atoms with E-state index in [2.05, 4.69) is 10.1 Å². The molecule has 0 aliphatic carbocycles. The average Bonchev–Trinajstić information content (AvgIpc) is 3.04. The molecule has 0 unspecified atom stereocenters. The fraction of sp³-hybridized carbons (Fsp3) is 0.211. The van der Waals surface area contributed by atoms with Crippen molar-refractivity contribution in [3.8, 4) is 17.0 Å². The number of hydrogen-bond donors (Lipinski definition) is 1. The maximum Gasteiger partial charge on any atom is 0.433 e. The molecule has 0 saturated heterocycles. The Balaban J connectivity index is 2.10. The molecule has 0 aliphatic rings. The second kappa shape index (κ2) is 8.34. The number of methoxy groups -OCH3 is 1. The maximum atomic E-state index is 14.0. The molecule has 0 fully saturated rings. The number of anilines is 1. The van der Waals surface area contributed by atoms with Gasteiger partial charge in [0.2, 0.25) is 0 Å². The van der Waals surface area contributed by atoms with E-state index in [1.54, 1.807) is 0 Å². The monoisotopic (exact) mass is 478 g/mol. The van der Waals surface area contributed by atoms with E-state index in [0.717, 1.165) is 24.0 Å². The minimum absolute atomic E-state index is 0.0590. The summed E-state index contributed by atoms with van der Waals surface area (Å²) in [6, 6.07) is 5.36. The van der Waals surface area contributed by atoms with Gasteiger partial charge >= 0.3 is 12.4 Å². The number of aryl methyl sites for hydroxylation is 1. The van der Waals surface area contributed by atoms with Crippen molar-refractivity contribution in [2.24, 2.45) is 7.05 Å². The first-order chi connectivity index (χ1) is 14.8. The van der Waals surface area contributed by atoms with Crippen LogP contribution in [0.1, 0.15) is 21.6 Å². The molecule has 3 aromatic rings. The Morgan fingerprint density at radius 3 is 2.38 bits per heavy atom. The number of rotatable bonds is 4. The standard InChI is InChI=1S/C19H13ClF6N4O2/c1-30-16(28-17(31)9-5-6-27-13(7-9)18(21,22)23)14(19(24,25)26)15(29-30)11-8-10(32-2)3-4-12(11)20/h3-8H,1-2H3,(H,28,31). The molecule has 32 heavy (non-hydrogen) atoms. The number of nitrogens with zero attached hydrogens (tertiary/aromatic N) is 3. The molecule has 1 amide bonds. The summed E-state index contributed by atoms with van der Waals surface area (Å²) in [5, 5.41) is 5.77. The van der Waals surface area contributed by atoms with E-state index in [1.165, 1.54) is 25.3 Å². The van der Waals surface area contributed by atoms with E-state index in [0.29, 0.717) is 6.07 Å². The molecule has 1 aromatic carbocycles. The van der Waals surface area contributed by atoms with Gasteiger partial charge in [0.05, 0.1) is 12.1 Å². The SMILES string of the molecule is COc1ccc(Cl)c(-c2nn(C)c(NC(=O)c3ccnc(C(F)(F)F)c3)c2C(F)(F)F)c1. The molecule has 0 spiro atoms. The van der Waals surface area contributed by atoms with Gasteiger partial charge in [0.1, 0.15) is 28.5 Å². The lowest BCUT2D eigenvalue weighted by molar-refractivity contribution is -0.141. The number of hydrogen-bond acceptors (Lipinski definition) is 4. The predicted octanol–water partition coefficient (Wildman–Crippen LogP) is 5.43. The highest BCUT2D eigenvalue weighted by molar-refractivity contribution is 6.33. The van der Waals surface area contributed by atoms with Gasteiger partial charge in [-0.25, -0.2) is 0 Å². The highest BCUT2D eigenvalue weighted by atomic mass is 35.5. The molecule has 0 bridgehead atoms. The van der Waals surface area contributed by atoms with Gasteiger partial charge in [-0.1, -0.05) is 11.6 Å². The van der Waals surface area contributed by atoms with Gasteiger partial charge in [-0.3, -0.25) is 14.5 Å². The third-order valence-electron chi connectivity index (χ3n) is 4.30. The van der Waals surface area contributed by atoms with Crippen molar-refractivity contribution in [2.75, 3.05) is 12.4 Å². The first-order valence-electron chi connectivity index (χ1n) is 8.65. The van der Waals surface area contributed by atoms with Crippen LogP contribution < -0.4 is 10.1 Å². The zero-order valence-corrected chi connectivity index (χ0v) is 17.0. The molecule has 2 aromatic heterocycles. The van der Waals surface area contributed by atoms with E-state index < -0.39 is 46.6 Å². The molecular weight excluding hydrogens is 466 g/mol. The van der Waals surface area contributed by atoms with Crippen molar-refractivity contribution in [3.05, 3.63) is 58.4 Å². The number of carbonyl (C=O) groups is 1. The van der Waals surface area contributed by atoms with Crippen molar-refractivity contribution in [3.63, 3.8) is 0 Å².